The van der Waals surface area contributed by atoms with Gasteiger partial charge in [0.2, 0.25) is 5.91 Å². The summed E-state index contributed by atoms with van der Waals surface area (Å²) in [4.78, 5) is 22.9. The molecule has 0 atom stereocenters. The molecule has 2 fully saturated rings. The zero-order valence-corrected chi connectivity index (χ0v) is 11.7. The molecule has 0 unspecified atom stereocenters. The van der Waals surface area contributed by atoms with E-state index in [0.717, 1.165) is 31.2 Å². The third kappa shape index (κ3) is 2.09. The standard InChI is InChI=1S/C14H19N3O3/c1-8-7-17(2)16-11(8)15-12(18)9-3-14(4-9)5-10(6-14)13(19)20/h7,9-10H,3-6H2,1-2H3,(H,19,20)(H,15,16,18). The summed E-state index contributed by atoms with van der Waals surface area (Å²) in [7, 11) is 1.82. The quantitative estimate of drug-likeness (QED) is 0.878. The van der Waals surface area contributed by atoms with Gasteiger partial charge in [-0.25, -0.2) is 0 Å². The molecule has 0 bridgehead atoms. The fraction of sp³-hybridized carbons (Fsp3) is 0.643. The van der Waals surface area contributed by atoms with Gasteiger partial charge in [0.05, 0.1) is 5.92 Å². The summed E-state index contributed by atoms with van der Waals surface area (Å²) in [6.07, 6.45) is 4.95. The summed E-state index contributed by atoms with van der Waals surface area (Å²) in [5, 5.41) is 16.0. The lowest BCUT2D eigenvalue weighted by molar-refractivity contribution is -0.159. The van der Waals surface area contributed by atoms with E-state index in [4.69, 9.17) is 5.11 Å². The Kier molecular flexibility index (Phi) is 2.84. The topological polar surface area (TPSA) is 84.2 Å². The second-order valence-electron chi connectivity index (χ2n) is 6.37. The summed E-state index contributed by atoms with van der Waals surface area (Å²) >= 11 is 0. The molecule has 0 radical (unpaired) electrons. The van der Waals surface area contributed by atoms with E-state index in [1.807, 2.05) is 20.2 Å². The van der Waals surface area contributed by atoms with Gasteiger partial charge >= 0.3 is 5.97 Å². The molecule has 2 saturated carbocycles. The van der Waals surface area contributed by atoms with Gasteiger partial charge in [-0.2, -0.15) is 5.10 Å². The van der Waals surface area contributed by atoms with E-state index in [0.29, 0.717) is 5.82 Å². The van der Waals surface area contributed by atoms with Gasteiger partial charge in [-0.1, -0.05) is 0 Å². The number of hydrogen-bond donors (Lipinski definition) is 2. The molecule has 0 aromatic carbocycles. The highest BCUT2D eigenvalue weighted by Gasteiger charge is 2.56. The molecule has 0 saturated heterocycles. The maximum Gasteiger partial charge on any atom is 0.306 e. The SMILES string of the molecule is Cc1cn(C)nc1NC(=O)C1CC2(CC(C(=O)O)C2)C1. The fourth-order valence-corrected chi connectivity index (χ4v) is 3.61. The van der Waals surface area contributed by atoms with Crippen LogP contribution in [0.1, 0.15) is 31.2 Å². The van der Waals surface area contributed by atoms with Gasteiger partial charge in [0.25, 0.3) is 0 Å². The number of carboxylic acid groups (broad SMARTS) is 1. The van der Waals surface area contributed by atoms with Crippen molar-refractivity contribution in [3.8, 4) is 0 Å². The van der Waals surface area contributed by atoms with Crippen molar-refractivity contribution in [2.45, 2.75) is 32.6 Å². The lowest BCUT2D eigenvalue weighted by Gasteiger charge is -2.56. The third-order valence-electron chi connectivity index (χ3n) is 4.69. The Bertz CT molecular complexity index is 564. The number of aryl methyl sites for hydroxylation is 2. The highest BCUT2D eigenvalue weighted by Crippen LogP contribution is 2.61. The van der Waals surface area contributed by atoms with E-state index in [1.54, 1.807) is 4.68 Å². The van der Waals surface area contributed by atoms with Gasteiger partial charge in [0.15, 0.2) is 5.82 Å². The van der Waals surface area contributed by atoms with E-state index in [2.05, 4.69) is 10.4 Å². The van der Waals surface area contributed by atoms with E-state index in [9.17, 15) is 9.59 Å². The number of carbonyl (C=O) groups excluding carboxylic acids is 1. The predicted octanol–water partition coefficient (Wildman–Crippen LogP) is 1.56. The maximum atomic E-state index is 12.1. The molecule has 3 rings (SSSR count). The minimum atomic E-state index is -0.701. The van der Waals surface area contributed by atoms with Gasteiger partial charge in [0.1, 0.15) is 0 Å². The van der Waals surface area contributed by atoms with Crippen LogP contribution in [0.15, 0.2) is 6.20 Å². The Morgan fingerprint density at radius 2 is 1.95 bits per heavy atom. The van der Waals surface area contributed by atoms with Crippen LogP contribution in [0.25, 0.3) is 0 Å². The van der Waals surface area contributed by atoms with Gasteiger partial charge in [0, 0.05) is 24.7 Å². The minimum Gasteiger partial charge on any atom is -0.481 e. The molecule has 2 aliphatic rings. The van der Waals surface area contributed by atoms with Crippen molar-refractivity contribution in [2.75, 3.05) is 5.32 Å². The highest BCUT2D eigenvalue weighted by atomic mass is 16.4. The first-order valence-corrected chi connectivity index (χ1v) is 6.92. The van der Waals surface area contributed by atoms with Crippen LogP contribution in [0.2, 0.25) is 0 Å². The number of anilines is 1. The third-order valence-corrected chi connectivity index (χ3v) is 4.69. The van der Waals surface area contributed by atoms with Crippen molar-refractivity contribution in [1.29, 1.82) is 0 Å². The summed E-state index contributed by atoms with van der Waals surface area (Å²) in [5.74, 6) is -0.262. The van der Waals surface area contributed by atoms with Crippen LogP contribution in [0.4, 0.5) is 5.82 Å². The van der Waals surface area contributed by atoms with Crippen LogP contribution in [-0.2, 0) is 16.6 Å². The van der Waals surface area contributed by atoms with Crippen molar-refractivity contribution in [3.05, 3.63) is 11.8 Å². The van der Waals surface area contributed by atoms with E-state index in [-0.39, 0.29) is 23.2 Å². The van der Waals surface area contributed by atoms with Crippen LogP contribution in [0, 0.1) is 24.2 Å². The molecule has 1 spiro atoms. The van der Waals surface area contributed by atoms with Crippen LogP contribution in [-0.4, -0.2) is 26.8 Å². The average molecular weight is 277 g/mol. The second-order valence-corrected chi connectivity index (χ2v) is 6.37. The number of amides is 1. The summed E-state index contributed by atoms with van der Waals surface area (Å²) in [5.41, 5.74) is 1.08. The lowest BCUT2D eigenvalue weighted by atomic mass is 9.48. The number of carboxylic acids is 1. The lowest BCUT2D eigenvalue weighted by Crippen LogP contribution is -2.52. The van der Waals surface area contributed by atoms with Crippen LogP contribution < -0.4 is 5.32 Å². The molecule has 6 heteroatoms. The number of nitrogens with one attached hydrogen (secondary N) is 1. The number of rotatable bonds is 3. The minimum absolute atomic E-state index is 0.00570. The first kappa shape index (κ1) is 13.1. The van der Waals surface area contributed by atoms with Crippen molar-refractivity contribution >= 4 is 17.7 Å². The fourth-order valence-electron chi connectivity index (χ4n) is 3.61. The van der Waals surface area contributed by atoms with Gasteiger partial charge in [-0.05, 0) is 38.0 Å². The number of hydrogen-bond acceptors (Lipinski definition) is 3. The molecule has 1 aromatic heterocycles. The Hall–Kier alpha value is -1.85. The van der Waals surface area contributed by atoms with E-state index >= 15 is 0 Å². The largest absolute Gasteiger partial charge is 0.481 e. The Morgan fingerprint density at radius 1 is 1.35 bits per heavy atom. The molecule has 0 aliphatic heterocycles. The predicted molar refractivity (Wildman–Crippen MR) is 72.1 cm³/mol. The van der Waals surface area contributed by atoms with Crippen molar-refractivity contribution < 1.29 is 14.7 Å². The first-order valence-electron chi connectivity index (χ1n) is 6.92. The molecule has 2 aliphatic carbocycles. The maximum absolute atomic E-state index is 12.1. The van der Waals surface area contributed by atoms with E-state index < -0.39 is 5.97 Å². The molecular formula is C14H19N3O3. The smallest absolute Gasteiger partial charge is 0.306 e. The van der Waals surface area contributed by atoms with Crippen LogP contribution in [0.5, 0.6) is 0 Å². The summed E-state index contributed by atoms with van der Waals surface area (Å²) in [6.45, 7) is 1.91. The number of nitrogens with zero attached hydrogens (tertiary/aromatic N) is 2. The normalized spacial score (nSPS) is 31.5. The average Bonchev–Trinajstić information content (AvgIpc) is 2.52. The first-order chi connectivity index (χ1) is 9.38. The molecule has 108 valence electrons. The van der Waals surface area contributed by atoms with Crippen molar-refractivity contribution in [3.63, 3.8) is 0 Å². The molecule has 6 nitrogen and oxygen atoms in total. The Balaban J connectivity index is 1.52. The Morgan fingerprint density at radius 3 is 2.45 bits per heavy atom. The number of carbonyl (C=O) groups is 2. The molecular weight excluding hydrogens is 258 g/mol. The molecule has 1 amide bonds. The molecule has 20 heavy (non-hydrogen) atoms. The van der Waals surface area contributed by atoms with Crippen molar-refractivity contribution in [2.24, 2.45) is 24.3 Å². The molecule has 1 heterocycles. The second kappa shape index (κ2) is 4.33. The van der Waals surface area contributed by atoms with Gasteiger partial charge in [-0.3, -0.25) is 14.3 Å². The zero-order chi connectivity index (χ0) is 14.5. The van der Waals surface area contributed by atoms with Crippen LogP contribution in [0.3, 0.4) is 0 Å². The van der Waals surface area contributed by atoms with Gasteiger partial charge < -0.3 is 10.4 Å². The number of aliphatic carboxylic acids is 1. The van der Waals surface area contributed by atoms with Crippen molar-refractivity contribution in [1.82, 2.24) is 9.78 Å². The number of aromatic nitrogens is 2. The highest BCUT2D eigenvalue weighted by molar-refractivity contribution is 5.93. The zero-order valence-electron chi connectivity index (χ0n) is 11.7. The monoisotopic (exact) mass is 277 g/mol. The Labute approximate surface area is 117 Å². The molecule has 2 N–H and O–H groups in total. The van der Waals surface area contributed by atoms with Gasteiger partial charge in [-0.15, -0.1) is 0 Å². The summed E-state index contributed by atoms with van der Waals surface area (Å²) < 4.78 is 1.68. The summed E-state index contributed by atoms with van der Waals surface area (Å²) in [6, 6.07) is 0. The molecule has 1 aromatic rings. The van der Waals surface area contributed by atoms with E-state index in [1.165, 1.54) is 0 Å². The van der Waals surface area contributed by atoms with Crippen LogP contribution >= 0.6 is 0 Å².